The van der Waals surface area contributed by atoms with Crippen LogP contribution in [0.4, 0.5) is 4.79 Å². The normalized spacial score (nSPS) is 25.2. The molecule has 4 heterocycles. The summed E-state index contributed by atoms with van der Waals surface area (Å²) in [4.78, 5) is 70.2. The molecule has 2 saturated carbocycles. The van der Waals surface area contributed by atoms with Gasteiger partial charge >= 0.3 is 6.09 Å². The fourth-order valence-corrected chi connectivity index (χ4v) is 10.0. The van der Waals surface area contributed by atoms with Gasteiger partial charge in [-0.3, -0.25) is 29.0 Å². The van der Waals surface area contributed by atoms with Gasteiger partial charge in [0.2, 0.25) is 21.8 Å². The molecule has 4 aliphatic rings. The molecule has 4 fully saturated rings. The molecule has 3 aromatic rings. The fourth-order valence-electron chi connectivity index (χ4n) is 8.45. The van der Waals surface area contributed by atoms with E-state index < -0.39 is 85.3 Å². The lowest BCUT2D eigenvalue weighted by Crippen LogP contribution is -2.69. The zero-order chi connectivity index (χ0) is 46.0. The number of rotatable bonds is 13. The van der Waals surface area contributed by atoms with Crippen molar-refractivity contribution in [2.24, 2.45) is 11.3 Å². The SMILES string of the molecule is C=C[C@@H]1C[C@]1(NC(=O)[C@@H]1C[C@@H](Oc2cc(-c3cccc(C)n3)nc3c(Cl)c(OCCOC)ccc23)[C@H]2CN(C(=O)OC(C)(C)C)[C@H](C(C)(C)C)C(=O)N21)C(=O)NS(=O)(=O)C1(C)CC1. The second-order valence-electron chi connectivity index (χ2n) is 19.3. The van der Waals surface area contributed by atoms with Crippen LogP contribution in [-0.2, 0) is 33.9 Å². The molecule has 1 aromatic carbocycles. The lowest BCUT2D eigenvalue weighted by atomic mass is 9.82. The van der Waals surface area contributed by atoms with E-state index in [2.05, 4.69) is 16.6 Å². The maximum Gasteiger partial charge on any atom is 0.411 e. The van der Waals surface area contributed by atoms with Crippen LogP contribution in [0.25, 0.3) is 22.3 Å². The molecular formula is C45H57ClN6O10S. The van der Waals surface area contributed by atoms with Crippen molar-refractivity contribution in [2.75, 3.05) is 26.9 Å². The topological polar surface area (TPSA) is 196 Å². The van der Waals surface area contributed by atoms with E-state index in [-0.39, 0.29) is 31.0 Å². The van der Waals surface area contributed by atoms with Gasteiger partial charge in [-0.05, 0) is 83.6 Å². The average Bonchev–Trinajstić information content (AvgIpc) is 4.09. The molecular weight excluding hydrogens is 852 g/mol. The first-order valence-electron chi connectivity index (χ1n) is 21.1. The molecule has 4 amide bonds. The van der Waals surface area contributed by atoms with Crippen molar-refractivity contribution in [2.45, 2.75) is 121 Å². The number of ether oxygens (including phenoxy) is 4. The van der Waals surface area contributed by atoms with Crippen molar-refractivity contribution in [3.63, 3.8) is 0 Å². The van der Waals surface area contributed by atoms with Crippen molar-refractivity contribution in [1.82, 2.24) is 29.8 Å². The summed E-state index contributed by atoms with van der Waals surface area (Å²) in [6.07, 6.45) is 0.726. The number of methoxy groups -OCH3 is 1. The average molecular weight is 910 g/mol. The highest BCUT2D eigenvalue weighted by molar-refractivity contribution is 7.91. The Balaban J connectivity index is 1.31. The molecule has 7 rings (SSSR count). The number of fused-ring (bicyclic) bond motifs is 2. The number of halogens is 1. The van der Waals surface area contributed by atoms with E-state index in [1.54, 1.807) is 59.1 Å². The largest absolute Gasteiger partial charge is 0.490 e. The van der Waals surface area contributed by atoms with Crippen molar-refractivity contribution >= 4 is 56.3 Å². The van der Waals surface area contributed by atoms with Gasteiger partial charge in [0.05, 0.1) is 34.3 Å². The molecule has 6 atom stereocenters. The Morgan fingerprint density at radius 2 is 1.75 bits per heavy atom. The molecule has 0 unspecified atom stereocenters. The van der Waals surface area contributed by atoms with Gasteiger partial charge in [-0.15, -0.1) is 6.58 Å². The summed E-state index contributed by atoms with van der Waals surface area (Å²) < 4.78 is 51.4. The number of hydrogen-bond donors (Lipinski definition) is 2. The van der Waals surface area contributed by atoms with Crippen LogP contribution >= 0.6 is 11.6 Å². The highest BCUT2D eigenvalue weighted by Crippen LogP contribution is 2.48. The third-order valence-electron chi connectivity index (χ3n) is 12.2. The Morgan fingerprint density at radius 3 is 2.35 bits per heavy atom. The second-order valence-corrected chi connectivity index (χ2v) is 21.9. The zero-order valence-corrected chi connectivity index (χ0v) is 38.8. The van der Waals surface area contributed by atoms with Crippen LogP contribution in [0.3, 0.4) is 0 Å². The first-order chi connectivity index (χ1) is 29.4. The molecule has 63 heavy (non-hydrogen) atoms. The maximum atomic E-state index is 15.1. The minimum atomic E-state index is -4.05. The number of carbonyl (C=O) groups is 4. The third kappa shape index (κ3) is 8.92. The molecule has 2 aliphatic carbocycles. The highest BCUT2D eigenvalue weighted by atomic mass is 35.5. The summed E-state index contributed by atoms with van der Waals surface area (Å²) in [6, 6.07) is 7.52. The Labute approximate surface area is 373 Å². The molecule has 340 valence electrons. The number of aryl methyl sites for hydroxylation is 1. The number of hydrogen-bond acceptors (Lipinski definition) is 12. The fraction of sp³-hybridized carbons (Fsp3) is 0.556. The molecule has 2 aliphatic heterocycles. The Hall–Kier alpha value is -5.00. The number of nitrogens with zero attached hydrogens (tertiary/aromatic N) is 4. The smallest absolute Gasteiger partial charge is 0.411 e. The van der Waals surface area contributed by atoms with Crippen LogP contribution < -0.4 is 19.5 Å². The van der Waals surface area contributed by atoms with Crippen molar-refractivity contribution < 1.29 is 46.5 Å². The maximum absolute atomic E-state index is 15.1. The predicted molar refractivity (Wildman–Crippen MR) is 236 cm³/mol. The van der Waals surface area contributed by atoms with E-state index in [1.807, 2.05) is 39.8 Å². The summed E-state index contributed by atoms with van der Waals surface area (Å²) in [7, 11) is -2.48. The number of nitrogens with one attached hydrogen (secondary N) is 2. The van der Waals surface area contributed by atoms with E-state index in [0.717, 1.165) is 5.69 Å². The van der Waals surface area contributed by atoms with E-state index in [0.29, 0.717) is 53.2 Å². The predicted octanol–water partition coefficient (Wildman–Crippen LogP) is 5.73. The van der Waals surface area contributed by atoms with Gasteiger partial charge in [-0.25, -0.2) is 18.2 Å². The van der Waals surface area contributed by atoms with E-state index in [9.17, 15) is 22.8 Å². The lowest BCUT2D eigenvalue weighted by molar-refractivity contribution is -0.155. The van der Waals surface area contributed by atoms with Gasteiger partial charge < -0.3 is 29.2 Å². The standard InChI is InChI=1S/C45H57ClN6O10S/c1-11-26-23-45(26,40(55)50-63(57,58)44(9)17-18-44)49-38(53)30-22-34(31-24-51(41(56)62-43(6,7)8)37(42(3,4)5)39(54)52(30)31)61-33-21-29(28-14-12-13-25(2)47-28)48-36-27(33)15-16-32(35(36)46)60-20-19-59-10/h11-16,21,26,30-31,34,37H,1,17-20,22-24H2,2-10H3,(H,49,53)(H,50,55)/t26-,30+,31-,34-,37+,45-/m1/s1. The summed E-state index contributed by atoms with van der Waals surface area (Å²) in [5, 5.41) is 3.58. The zero-order valence-electron chi connectivity index (χ0n) is 37.2. The quantitative estimate of drug-likeness (QED) is 0.157. The van der Waals surface area contributed by atoms with Gasteiger partial charge in [0.25, 0.3) is 5.91 Å². The number of carbonyl (C=O) groups excluding carboxylic acids is 4. The molecule has 18 heteroatoms. The van der Waals surface area contributed by atoms with Gasteiger partial charge in [0.1, 0.15) is 52.5 Å². The van der Waals surface area contributed by atoms with E-state index in [1.165, 1.54) is 15.9 Å². The summed E-state index contributed by atoms with van der Waals surface area (Å²) in [5.74, 6) is -1.95. The number of amides is 4. The van der Waals surface area contributed by atoms with E-state index in [4.69, 9.17) is 40.5 Å². The number of benzene rings is 1. The molecule has 16 nitrogen and oxygen atoms in total. The number of piperazine rings is 1. The second kappa shape index (κ2) is 16.5. The summed E-state index contributed by atoms with van der Waals surface area (Å²) in [6.45, 7) is 18.4. The summed E-state index contributed by atoms with van der Waals surface area (Å²) >= 11 is 7.00. The minimum Gasteiger partial charge on any atom is -0.490 e. The molecule has 0 radical (unpaired) electrons. The third-order valence-corrected chi connectivity index (χ3v) is 14.7. The van der Waals surface area contributed by atoms with Gasteiger partial charge in [-0.2, -0.15) is 0 Å². The van der Waals surface area contributed by atoms with Crippen molar-refractivity contribution in [3.05, 3.63) is 59.8 Å². The van der Waals surface area contributed by atoms with Crippen LogP contribution in [0.1, 0.15) is 79.8 Å². The number of sulfonamides is 1. The highest BCUT2D eigenvalue weighted by Gasteiger charge is 2.64. The van der Waals surface area contributed by atoms with Crippen LogP contribution in [0, 0.1) is 18.3 Å². The van der Waals surface area contributed by atoms with Crippen LogP contribution in [0.2, 0.25) is 5.02 Å². The molecule has 2 saturated heterocycles. The molecule has 2 N–H and O–H groups in total. The Kier molecular flexibility index (Phi) is 12.1. The van der Waals surface area contributed by atoms with Crippen LogP contribution in [0.5, 0.6) is 11.5 Å². The minimum absolute atomic E-state index is 0.0671. The van der Waals surface area contributed by atoms with Crippen molar-refractivity contribution in [1.29, 1.82) is 0 Å². The summed E-state index contributed by atoms with van der Waals surface area (Å²) in [5.41, 5.74) is -1.27. The van der Waals surface area contributed by atoms with E-state index >= 15 is 4.79 Å². The number of aromatic nitrogens is 2. The van der Waals surface area contributed by atoms with Crippen LogP contribution in [0.15, 0.2) is 49.1 Å². The molecule has 0 spiro atoms. The van der Waals surface area contributed by atoms with Gasteiger partial charge in [0.15, 0.2) is 0 Å². The number of pyridine rings is 2. The van der Waals surface area contributed by atoms with Crippen molar-refractivity contribution in [3.8, 4) is 22.9 Å². The lowest BCUT2D eigenvalue weighted by Gasteiger charge is -2.49. The molecule has 2 aromatic heterocycles. The molecule has 0 bridgehead atoms. The first-order valence-corrected chi connectivity index (χ1v) is 23.0. The van der Waals surface area contributed by atoms with Crippen LogP contribution in [-0.4, -0.2) is 119 Å². The monoisotopic (exact) mass is 908 g/mol. The Bertz CT molecular complexity index is 2470. The van der Waals surface area contributed by atoms with Gasteiger partial charge in [0, 0.05) is 43.1 Å². The Morgan fingerprint density at radius 1 is 1.03 bits per heavy atom. The van der Waals surface area contributed by atoms with Gasteiger partial charge in [-0.1, -0.05) is 44.5 Å². The first kappa shape index (κ1) is 46.0.